The monoisotopic (exact) mass is 392 g/mol. The van der Waals surface area contributed by atoms with Crippen LogP contribution >= 0.6 is 22.9 Å². The molecule has 2 aromatic rings. The van der Waals surface area contributed by atoms with Gasteiger partial charge in [-0.3, -0.25) is 5.32 Å². The molecule has 1 heterocycles. The number of carbonyl (C=O) groups excluding carboxylic acids is 2. The normalized spacial score (nSPS) is 15.9. The van der Waals surface area contributed by atoms with E-state index in [0.29, 0.717) is 33.8 Å². The number of hydrogen-bond acceptors (Lipinski definition) is 4. The molecular formula is C19H21ClN2O3S. The van der Waals surface area contributed by atoms with E-state index in [9.17, 15) is 9.59 Å². The van der Waals surface area contributed by atoms with Gasteiger partial charge in [-0.05, 0) is 61.9 Å². The molecule has 0 saturated carbocycles. The lowest BCUT2D eigenvalue weighted by Crippen LogP contribution is -2.21. The second-order valence-corrected chi connectivity index (χ2v) is 7.90. The predicted octanol–water partition coefficient (Wildman–Crippen LogP) is 5.35. The fourth-order valence-electron chi connectivity index (χ4n) is 3.06. The number of hydrogen-bond donors (Lipinski definition) is 2. The molecule has 1 aliphatic carbocycles. The summed E-state index contributed by atoms with van der Waals surface area (Å²) in [6.45, 7) is 4.28. The summed E-state index contributed by atoms with van der Waals surface area (Å²) in [5.74, 6) is 0.202. The second-order valence-electron chi connectivity index (χ2n) is 6.36. The van der Waals surface area contributed by atoms with Gasteiger partial charge >= 0.3 is 12.0 Å². The highest BCUT2D eigenvalue weighted by atomic mass is 35.5. The molecule has 0 radical (unpaired) electrons. The van der Waals surface area contributed by atoms with Crippen LogP contribution in [-0.4, -0.2) is 18.6 Å². The van der Waals surface area contributed by atoms with Crippen molar-refractivity contribution in [2.24, 2.45) is 5.92 Å². The van der Waals surface area contributed by atoms with Crippen LogP contribution in [0.4, 0.5) is 15.5 Å². The topological polar surface area (TPSA) is 67.4 Å². The molecule has 5 nitrogen and oxygen atoms in total. The number of ether oxygens (including phenoxy) is 1. The fourth-order valence-corrected chi connectivity index (χ4v) is 4.58. The van der Waals surface area contributed by atoms with E-state index < -0.39 is 6.03 Å². The van der Waals surface area contributed by atoms with Crippen LogP contribution in [0, 0.1) is 5.92 Å². The van der Waals surface area contributed by atoms with Gasteiger partial charge in [-0.25, -0.2) is 9.59 Å². The molecule has 0 fully saturated rings. The van der Waals surface area contributed by atoms with Gasteiger partial charge in [-0.2, -0.15) is 0 Å². The summed E-state index contributed by atoms with van der Waals surface area (Å²) in [5, 5.41) is 6.72. The molecular weight excluding hydrogens is 372 g/mol. The number of amides is 2. The summed E-state index contributed by atoms with van der Waals surface area (Å²) in [6, 6.07) is 6.44. The highest BCUT2D eigenvalue weighted by Gasteiger charge is 2.29. The van der Waals surface area contributed by atoms with E-state index >= 15 is 0 Å². The Kier molecular flexibility index (Phi) is 5.84. The molecule has 1 atom stereocenters. The first-order valence-corrected chi connectivity index (χ1v) is 9.82. The number of nitrogens with one attached hydrogen (secondary N) is 2. The Labute approximate surface area is 161 Å². The van der Waals surface area contributed by atoms with Crippen molar-refractivity contribution in [3.05, 3.63) is 45.3 Å². The highest BCUT2D eigenvalue weighted by Crippen LogP contribution is 2.40. The maximum absolute atomic E-state index is 12.5. The minimum Gasteiger partial charge on any atom is -0.462 e. The summed E-state index contributed by atoms with van der Waals surface area (Å²) in [4.78, 5) is 26.0. The van der Waals surface area contributed by atoms with E-state index in [1.165, 1.54) is 11.3 Å². The zero-order valence-corrected chi connectivity index (χ0v) is 16.3. The standard InChI is InChI=1S/C19H21ClN2O3S/c1-3-25-18(23)16-14-9-4-11(2)10-15(14)26-17(16)22-19(24)21-13-7-5-12(20)6-8-13/h5-8,11H,3-4,9-10H2,1-2H3,(H2,21,22,24). The number of fused-ring (bicyclic) bond motifs is 1. The van der Waals surface area contributed by atoms with Crippen LogP contribution in [0.2, 0.25) is 5.02 Å². The van der Waals surface area contributed by atoms with Crippen LogP contribution in [0.25, 0.3) is 0 Å². The zero-order chi connectivity index (χ0) is 18.7. The van der Waals surface area contributed by atoms with Gasteiger partial charge in [0, 0.05) is 15.6 Å². The number of anilines is 2. The van der Waals surface area contributed by atoms with Gasteiger partial charge in [-0.15, -0.1) is 11.3 Å². The Morgan fingerprint density at radius 1 is 1.27 bits per heavy atom. The first-order chi connectivity index (χ1) is 12.5. The highest BCUT2D eigenvalue weighted by molar-refractivity contribution is 7.17. The largest absolute Gasteiger partial charge is 0.462 e. The SMILES string of the molecule is CCOC(=O)c1c(NC(=O)Nc2ccc(Cl)cc2)sc2c1CCC(C)C2. The van der Waals surface area contributed by atoms with E-state index in [-0.39, 0.29) is 5.97 Å². The molecule has 1 aliphatic rings. The van der Waals surface area contributed by atoms with Gasteiger partial charge in [0.2, 0.25) is 0 Å². The molecule has 26 heavy (non-hydrogen) atoms. The first kappa shape index (κ1) is 18.7. The smallest absolute Gasteiger partial charge is 0.341 e. The average Bonchev–Trinajstić information content (AvgIpc) is 2.93. The molecule has 1 unspecified atom stereocenters. The molecule has 0 aliphatic heterocycles. The molecule has 2 amide bonds. The van der Waals surface area contributed by atoms with Crippen LogP contribution in [0.1, 0.15) is 41.1 Å². The first-order valence-electron chi connectivity index (χ1n) is 8.63. The van der Waals surface area contributed by atoms with Crippen molar-refractivity contribution in [3.8, 4) is 0 Å². The van der Waals surface area contributed by atoms with Crippen molar-refractivity contribution in [2.45, 2.75) is 33.1 Å². The number of rotatable bonds is 4. The van der Waals surface area contributed by atoms with Crippen molar-refractivity contribution in [3.63, 3.8) is 0 Å². The third-order valence-corrected chi connectivity index (χ3v) is 5.74. The summed E-state index contributed by atoms with van der Waals surface area (Å²) >= 11 is 7.32. The van der Waals surface area contributed by atoms with Gasteiger partial charge in [0.1, 0.15) is 5.00 Å². The lowest BCUT2D eigenvalue weighted by Gasteiger charge is -2.18. The predicted molar refractivity (Wildman–Crippen MR) is 106 cm³/mol. The third-order valence-electron chi connectivity index (χ3n) is 4.32. The van der Waals surface area contributed by atoms with E-state index in [1.807, 2.05) is 0 Å². The van der Waals surface area contributed by atoms with Gasteiger partial charge in [0.05, 0.1) is 12.2 Å². The van der Waals surface area contributed by atoms with E-state index in [0.717, 1.165) is 29.7 Å². The number of thiophene rings is 1. The van der Waals surface area contributed by atoms with Crippen LogP contribution in [0.3, 0.4) is 0 Å². The summed E-state index contributed by atoms with van der Waals surface area (Å²) in [7, 11) is 0. The molecule has 0 bridgehead atoms. The summed E-state index contributed by atoms with van der Waals surface area (Å²) in [6.07, 6.45) is 2.79. The van der Waals surface area contributed by atoms with Crippen LogP contribution in [0.5, 0.6) is 0 Å². The average molecular weight is 393 g/mol. The molecule has 0 saturated heterocycles. The maximum atomic E-state index is 12.5. The lowest BCUT2D eigenvalue weighted by atomic mass is 9.88. The number of halogens is 1. The fraction of sp³-hybridized carbons (Fsp3) is 0.368. The summed E-state index contributed by atoms with van der Waals surface area (Å²) < 4.78 is 5.21. The van der Waals surface area contributed by atoms with E-state index in [4.69, 9.17) is 16.3 Å². The molecule has 3 rings (SSSR count). The minimum absolute atomic E-state index is 0.302. The molecule has 1 aromatic carbocycles. The Bertz CT molecular complexity index is 817. The van der Waals surface area contributed by atoms with Gasteiger partial charge in [0.25, 0.3) is 0 Å². The molecule has 7 heteroatoms. The van der Waals surface area contributed by atoms with Gasteiger partial charge in [0.15, 0.2) is 0 Å². The van der Waals surface area contributed by atoms with Gasteiger partial charge < -0.3 is 10.1 Å². The van der Waals surface area contributed by atoms with Crippen molar-refractivity contribution in [1.29, 1.82) is 0 Å². The molecule has 138 valence electrons. The van der Waals surface area contributed by atoms with Crippen molar-refractivity contribution < 1.29 is 14.3 Å². The number of benzene rings is 1. The Balaban J connectivity index is 1.82. The van der Waals surface area contributed by atoms with E-state index in [1.54, 1.807) is 31.2 Å². The summed E-state index contributed by atoms with van der Waals surface area (Å²) in [5.41, 5.74) is 2.15. The second kappa shape index (κ2) is 8.10. The Morgan fingerprint density at radius 3 is 2.69 bits per heavy atom. The Morgan fingerprint density at radius 2 is 2.00 bits per heavy atom. The molecule has 1 aromatic heterocycles. The lowest BCUT2D eigenvalue weighted by molar-refractivity contribution is 0.0526. The van der Waals surface area contributed by atoms with Crippen molar-refractivity contribution in [1.82, 2.24) is 0 Å². The minimum atomic E-state index is -0.399. The Hall–Kier alpha value is -2.05. The third kappa shape index (κ3) is 4.19. The van der Waals surface area contributed by atoms with Gasteiger partial charge in [-0.1, -0.05) is 18.5 Å². The molecule has 0 spiro atoms. The number of carbonyl (C=O) groups is 2. The zero-order valence-electron chi connectivity index (χ0n) is 14.7. The quantitative estimate of drug-likeness (QED) is 0.689. The van der Waals surface area contributed by atoms with Crippen LogP contribution in [0.15, 0.2) is 24.3 Å². The molecule has 2 N–H and O–H groups in total. The van der Waals surface area contributed by atoms with Crippen LogP contribution < -0.4 is 10.6 Å². The van der Waals surface area contributed by atoms with E-state index in [2.05, 4.69) is 17.6 Å². The number of esters is 1. The van der Waals surface area contributed by atoms with Crippen molar-refractivity contribution >= 4 is 45.6 Å². The number of urea groups is 1. The van der Waals surface area contributed by atoms with Crippen LogP contribution in [-0.2, 0) is 17.6 Å². The van der Waals surface area contributed by atoms with Crippen molar-refractivity contribution in [2.75, 3.05) is 17.2 Å². The maximum Gasteiger partial charge on any atom is 0.341 e.